The molecule has 1 aromatic heterocycles. The first kappa shape index (κ1) is 17.1. The Hall–Kier alpha value is -2.77. The van der Waals surface area contributed by atoms with Crippen LogP contribution in [-0.4, -0.2) is 32.0 Å². The van der Waals surface area contributed by atoms with E-state index in [4.69, 9.17) is 0 Å². The first-order valence-corrected chi connectivity index (χ1v) is 8.30. The van der Waals surface area contributed by atoms with Crippen LogP contribution in [-0.2, 0) is 6.54 Å². The molecule has 25 heavy (non-hydrogen) atoms. The van der Waals surface area contributed by atoms with Crippen LogP contribution >= 0.6 is 0 Å². The molecule has 3 rings (SSSR count). The minimum atomic E-state index is -0.437. The number of nitrogens with zero attached hydrogens (tertiary/aromatic N) is 5. The lowest BCUT2D eigenvalue weighted by molar-refractivity contribution is -0.384. The summed E-state index contributed by atoms with van der Waals surface area (Å²) in [7, 11) is 0. The van der Waals surface area contributed by atoms with Crippen molar-refractivity contribution in [1.82, 2.24) is 14.8 Å². The number of hydrogen-bond donors (Lipinski definition) is 0. The Balaban J connectivity index is 2.03. The highest BCUT2D eigenvalue weighted by atomic mass is 16.6. The van der Waals surface area contributed by atoms with Crippen LogP contribution in [0.2, 0.25) is 0 Å². The Morgan fingerprint density at radius 3 is 2.64 bits per heavy atom. The number of hydrogen-bond acceptors (Lipinski definition) is 6. The average Bonchev–Trinajstić information content (AvgIpc) is 2.99. The number of nitro benzene ring substituents is 1. The second-order valence-corrected chi connectivity index (χ2v) is 6.61. The summed E-state index contributed by atoms with van der Waals surface area (Å²) in [5.41, 5.74) is 0.782. The number of ketones is 1. The molecule has 1 aliphatic rings. The predicted octanol–water partition coefficient (Wildman–Crippen LogP) is 3.09. The Morgan fingerprint density at radius 2 is 2.04 bits per heavy atom. The van der Waals surface area contributed by atoms with Crippen LogP contribution < -0.4 is 4.90 Å². The standard InChI is InChI=1S/C17H21N5O3/c1-10(2)16-18-19-17-11(3)20(7-8-21(16)17)14-6-5-13(12(4)23)9-15(14)22(24)25/h5-6,9-11H,7-8H2,1-4H3. The maximum absolute atomic E-state index is 11.5. The first-order chi connectivity index (χ1) is 11.8. The Kier molecular flexibility index (Phi) is 4.28. The maximum Gasteiger partial charge on any atom is 0.293 e. The van der Waals surface area contributed by atoms with Crippen molar-refractivity contribution in [3.63, 3.8) is 0 Å². The molecule has 0 saturated carbocycles. The van der Waals surface area contributed by atoms with E-state index in [1.807, 2.05) is 11.8 Å². The summed E-state index contributed by atoms with van der Waals surface area (Å²) in [4.78, 5) is 24.6. The van der Waals surface area contributed by atoms with E-state index in [1.165, 1.54) is 13.0 Å². The zero-order chi connectivity index (χ0) is 18.3. The normalized spacial score (nSPS) is 16.8. The van der Waals surface area contributed by atoms with E-state index in [1.54, 1.807) is 12.1 Å². The van der Waals surface area contributed by atoms with Crippen molar-refractivity contribution in [2.75, 3.05) is 11.4 Å². The third-order valence-corrected chi connectivity index (χ3v) is 4.62. The molecule has 0 radical (unpaired) electrons. The zero-order valence-electron chi connectivity index (χ0n) is 14.8. The number of aromatic nitrogens is 3. The van der Waals surface area contributed by atoms with Crippen LogP contribution in [0.5, 0.6) is 0 Å². The van der Waals surface area contributed by atoms with Crippen molar-refractivity contribution < 1.29 is 9.72 Å². The number of Topliss-reactive ketones (excluding diaryl/α,β-unsaturated/α-hetero) is 1. The molecule has 0 bridgehead atoms. The van der Waals surface area contributed by atoms with Gasteiger partial charge in [0.15, 0.2) is 11.6 Å². The van der Waals surface area contributed by atoms with Gasteiger partial charge in [-0.2, -0.15) is 0 Å². The lowest BCUT2D eigenvalue weighted by Gasteiger charge is -2.35. The molecule has 0 N–H and O–H groups in total. The van der Waals surface area contributed by atoms with Crippen LogP contribution in [0, 0.1) is 10.1 Å². The predicted molar refractivity (Wildman–Crippen MR) is 93.0 cm³/mol. The van der Waals surface area contributed by atoms with E-state index >= 15 is 0 Å². The van der Waals surface area contributed by atoms with Crippen LogP contribution in [0.1, 0.15) is 61.7 Å². The van der Waals surface area contributed by atoms with Crippen LogP contribution in [0.15, 0.2) is 18.2 Å². The van der Waals surface area contributed by atoms with Gasteiger partial charge in [0.2, 0.25) is 0 Å². The first-order valence-electron chi connectivity index (χ1n) is 8.30. The number of carbonyl (C=O) groups excluding carboxylic acids is 1. The van der Waals surface area contributed by atoms with Gasteiger partial charge < -0.3 is 9.47 Å². The lowest BCUT2D eigenvalue weighted by Crippen LogP contribution is -2.38. The highest BCUT2D eigenvalue weighted by Crippen LogP contribution is 2.37. The van der Waals surface area contributed by atoms with Gasteiger partial charge in [-0.25, -0.2) is 0 Å². The number of anilines is 1. The second-order valence-electron chi connectivity index (χ2n) is 6.61. The van der Waals surface area contributed by atoms with Gasteiger partial charge in [0.1, 0.15) is 11.5 Å². The summed E-state index contributed by atoms with van der Waals surface area (Å²) < 4.78 is 2.10. The van der Waals surface area contributed by atoms with Crippen molar-refractivity contribution in [2.45, 2.75) is 46.2 Å². The smallest absolute Gasteiger partial charge is 0.293 e. The van der Waals surface area contributed by atoms with Crippen molar-refractivity contribution >= 4 is 17.2 Å². The molecule has 1 unspecified atom stereocenters. The van der Waals surface area contributed by atoms with E-state index in [0.29, 0.717) is 24.3 Å². The molecular formula is C17H21N5O3. The SMILES string of the molecule is CC(=O)c1ccc(N2CCn3c(C(C)C)nnc3C2C)c([N+](=O)[O-])c1. The molecule has 0 fully saturated rings. The number of carbonyl (C=O) groups is 1. The Bertz CT molecular complexity index is 843. The van der Waals surface area contributed by atoms with E-state index in [0.717, 1.165) is 11.6 Å². The van der Waals surface area contributed by atoms with Gasteiger partial charge in [0.05, 0.1) is 11.0 Å². The molecular weight excluding hydrogens is 322 g/mol. The molecule has 0 saturated heterocycles. The van der Waals surface area contributed by atoms with Gasteiger partial charge in [-0.3, -0.25) is 14.9 Å². The highest BCUT2D eigenvalue weighted by molar-refractivity contribution is 5.95. The molecule has 0 aliphatic carbocycles. The number of rotatable bonds is 4. The van der Waals surface area contributed by atoms with E-state index in [9.17, 15) is 14.9 Å². The van der Waals surface area contributed by atoms with Gasteiger partial charge in [-0.05, 0) is 26.0 Å². The van der Waals surface area contributed by atoms with Gasteiger partial charge in [-0.15, -0.1) is 10.2 Å². The molecule has 0 amide bonds. The van der Waals surface area contributed by atoms with Gasteiger partial charge in [0.25, 0.3) is 5.69 Å². The van der Waals surface area contributed by atoms with Crippen molar-refractivity contribution in [3.8, 4) is 0 Å². The van der Waals surface area contributed by atoms with Crippen LogP contribution in [0.4, 0.5) is 11.4 Å². The quantitative estimate of drug-likeness (QED) is 0.481. The Morgan fingerprint density at radius 1 is 1.32 bits per heavy atom. The molecule has 2 aromatic rings. The van der Waals surface area contributed by atoms with E-state index < -0.39 is 4.92 Å². The molecule has 132 valence electrons. The van der Waals surface area contributed by atoms with Gasteiger partial charge >= 0.3 is 0 Å². The minimum absolute atomic E-state index is 0.0587. The monoisotopic (exact) mass is 343 g/mol. The van der Waals surface area contributed by atoms with Crippen molar-refractivity contribution in [2.24, 2.45) is 0 Å². The fourth-order valence-corrected chi connectivity index (χ4v) is 3.29. The Labute approximate surface area is 145 Å². The maximum atomic E-state index is 11.5. The molecule has 0 spiro atoms. The summed E-state index contributed by atoms with van der Waals surface area (Å²) in [6.45, 7) is 8.79. The number of benzene rings is 1. The number of nitro groups is 1. The van der Waals surface area contributed by atoms with E-state index in [2.05, 4.69) is 28.6 Å². The molecule has 8 heteroatoms. The summed E-state index contributed by atoms with van der Waals surface area (Å²) >= 11 is 0. The van der Waals surface area contributed by atoms with Crippen molar-refractivity contribution in [1.29, 1.82) is 0 Å². The minimum Gasteiger partial charge on any atom is -0.354 e. The highest BCUT2D eigenvalue weighted by Gasteiger charge is 2.32. The van der Waals surface area contributed by atoms with Gasteiger partial charge in [-0.1, -0.05) is 13.8 Å². The third-order valence-electron chi connectivity index (χ3n) is 4.62. The van der Waals surface area contributed by atoms with Crippen LogP contribution in [0.25, 0.3) is 0 Å². The summed E-state index contributed by atoms with van der Waals surface area (Å²) in [5, 5.41) is 20.1. The molecule has 1 atom stereocenters. The largest absolute Gasteiger partial charge is 0.354 e. The second kappa shape index (κ2) is 6.27. The third kappa shape index (κ3) is 2.88. The summed E-state index contributed by atoms with van der Waals surface area (Å²) in [5.74, 6) is 1.81. The van der Waals surface area contributed by atoms with Gasteiger partial charge in [0, 0.05) is 30.6 Å². The lowest BCUT2D eigenvalue weighted by atomic mass is 10.1. The average molecular weight is 343 g/mol. The molecule has 8 nitrogen and oxygen atoms in total. The summed E-state index contributed by atoms with van der Waals surface area (Å²) in [6, 6.07) is 4.50. The number of fused-ring (bicyclic) bond motifs is 1. The fraction of sp³-hybridized carbons (Fsp3) is 0.471. The topological polar surface area (TPSA) is 94.2 Å². The molecule has 1 aliphatic heterocycles. The van der Waals surface area contributed by atoms with Crippen LogP contribution in [0.3, 0.4) is 0 Å². The van der Waals surface area contributed by atoms with E-state index in [-0.39, 0.29) is 23.4 Å². The zero-order valence-corrected chi connectivity index (χ0v) is 14.8. The fourth-order valence-electron chi connectivity index (χ4n) is 3.29. The molecule has 1 aromatic carbocycles. The summed E-state index contributed by atoms with van der Waals surface area (Å²) in [6.07, 6.45) is 0. The van der Waals surface area contributed by atoms with Crippen molar-refractivity contribution in [3.05, 3.63) is 45.5 Å². The molecule has 2 heterocycles.